The van der Waals surface area contributed by atoms with Gasteiger partial charge in [-0.25, -0.2) is 9.48 Å². The van der Waals surface area contributed by atoms with Gasteiger partial charge in [-0.2, -0.15) is 0 Å². The molecule has 0 radical (unpaired) electrons. The number of hydrogen-bond donors (Lipinski definition) is 2. The van der Waals surface area contributed by atoms with Crippen molar-refractivity contribution in [2.24, 2.45) is 0 Å². The van der Waals surface area contributed by atoms with Crippen LogP contribution in [0.1, 0.15) is 10.6 Å². The van der Waals surface area contributed by atoms with E-state index in [9.17, 15) is 9.90 Å². The molecule has 10 heteroatoms. The van der Waals surface area contributed by atoms with Crippen LogP contribution in [0, 0.1) is 6.92 Å². The number of carbonyl (C=O) groups excluding carboxylic acids is 1. The van der Waals surface area contributed by atoms with E-state index < -0.39 is 0 Å². The van der Waals surface area contributed by atoms with Crippen LogP contribution in [0.3, 0.4) is 0 Å². The first kappa shape index (κ1) is 19.7. The maximum absolute atomic E-state index is 12.4. The molecule has 2 aromatic heterocycles. The normalized spacial score (nSPS) is 20.6. The van der Waals surface area contributed by atoms with Crippen molar-refractivity contribution in [1.29, 1.82) is 0 Å². The maximum Gasteiger partial charge on any atom is 0.414 e. The maximum atomic E-state index is 12.4. The molecular weight excluding hydrogens is 418 g/mol. The van der Waals surface area contributed by atoms with Gasteiger partial charge in [-0.3, -0.25) is 15.2 Å². The van der Waals surface area contributed by atoms with Crippen molar-refractivity contribution in [3.8, 4) is 10.4 Å². The molecule has 2 N–H and O–H groups in total. The van der Waals surface area contributed by atoms with Gasteiger partial charge in [0.25, 0.3) is 0 Å². The molecule has 2 aliphatic rings. The van der Waals surface area contributed by atoms with Crippen LogP contribution in [-0.2, 0) is 16.1 Å². The van der Waals surface area contributed by atoms with Crippen LogP contribution in [0.2, 0.25) is 0 Å². The molecule has 0 saturated carbocycles. The number of aliphatic hydroxyl groups is 1. The van der Waals surface area contributed by atoms with Crippen LogP contribution in [0.25, 0.3) is 16.1 Å². The van der Waals surface area contributed by atoms with Crippen LogP contribution in [0.5, 0.6) is 0 Å². The van der Waals surface area contributed by atoms with Gasteiger partial charge in [-0.1, -0.05) is 17.3 Å². The SMILES string of the molecule is Cc1cn(C[C@H]2CN(c3ccc(-c4ccc(C5=CC(CO)ON5)s4)cc3)C(=O)O2)nn1. The van der Waals surface area contributed by atoms with E-state index in [2.05, 4.69) is 15.8 Å². The Labute approximate surface area is 182 Å². The Bertz CT molecular complexity index is 1120. The first-order valence-electron chi connectivity index (χ1n) is 9.89. The van der Waals surface area contributed by atoms with E-state index in [1.54, 1.807) is 20.9 Å². The lowest BCUT2D eigenvalue weighted by atomic mass is 10.1. The number of nitrogens with zero attached hydrogens (tertiary/aromatic N) is 4. The number of benzene rings is 1. The average Bonchev–Trinajstić information content (AvgIpc) is 3.55. The monoisotopic (exact) mass is 439 g/mol. The molecule has 0 bridgehead atoms. The summed E-state index contributed by atoms with van der Waals surface area (Å²) < 4.78 is 7.18. The van der Waals surface area contributed by atoms with E-state index in [0.29, 0.717) is 13.1 Å². The van der Waals surface area contributed by atoms with Crippen LogP contribution in [0.4, 0.5) is 10.5 Å². The molecule has 9 nitrogen and oxygen atoms in total. The number of hydrogen-bond acceptors (Lipinski definition) is 8. The number of aliphatic hydroxyl groups excluding tert-OH is 1. The van der Waals surface area contributed by atoms with Gasteiger partial charge in [0.05, 0.1) is 36.0 Å². The summed E-state index contributed by atoms with van der Waals surface area (Å²) in [5, 5.41) is 17.2. The van der Waals surface area contributed by atoms with E-state index in [1.165, 1.54) is 0 Å². The molecule has 0 spiro atoms. The van der Waals surface area contributed by atoms with Crippen molar-refractivity contribution in [1.82, 2.24) is 20.5 Å². The third kappa shape index (κ3) is 4.05. The first-order valence-corrected chi connectivity index (χ1v) is 10.7. The van der Waals surface area contributed by atoms with Gasteiger partial charge >= 0.3 is 6.09 Å². The minimum atomic E-state index is -0.356. The standard InChI is InChI=1S/C21H21N5O4S/c1-13-9-25(24-22-13)10-17-11-26(21(28)29-17)15-4-2-14(3-5-15)19-6-7-20(31-19)18-8-16(12-27)30-23-18/h2-9,16-17,23,27H,10-12H2,1H3/t16?,17-/m0/s1. The quantitative estimate of drug-likeness (QED) is 0.609. The lowest BCUT2D eigenvalue weighted by Crippen LogP contribution is -2.26. The van der Waals surface area contributed by atoms with Crippen molar-refractivity contribution in [2.75, 3.05) is 18.1 Å². The zero-order chi connectivity index (χ0) is 21.4. The number of nitrogens with one attached hydrogen (secondary N) is 1. The third-order valence-corrected chi connectivity index (χ3v) is 6.27. The van der Waals surface area contributed by atoms with E-state index in [1.807, 2.05) is 55.6 Å². The zero-order valence-electron chi connectivity index (χ0n) is 16.8. The van der Waals surface area contributed by atoms with Crippen LogP contribution >= 0.6 is 11.3 Å². The van der Waals surface area contributed by atoms with Gasteiger partial charge in [0.2, 0.25) is 0 Å². The highest BCUT2D eigenvalue weighted by molar-refractivity contribution is 7.16. The molecule has 1 aromatic carbocycles. The second-order valence-electron chi connectivity index (χ2n) is 7.43. The largest absolute Gasteiger partial charge is 0.442 e. The van der Waals surface area contributed by atoms with E-state index in [0.717, 1.165) is 32.4 Å². The zero-order valence-corrected chi connectivity index (χ0v) is 17.6. The minimum absolute atomic E-state index is 0.0611. The van der Waals surface area contributed by atoms with E-state index in [-0.39, 0.29) is 24.9 Å². The number of aryl methyl sites for hydroxylation is 1. The van der Waals surface area contributed by atoms with Gasteiger partial charge in [0.1, 0.15) is 12.2 Å². The summed E-state index contributed by atoms with van der Waals surface area (Å²) in [5.74, 6) is 0. The Hall–Kier alpha value is -3.21. The number of carbonyl (C=O) groups is 1. The van der Waals surface area contributed by atoms with Crippen LogP contribution in [-0.4, -0.2) is 51.6 Å². The van der Waals surface area contributed by atoms with E-state index in [4.69, 9.17) is 9.57 Å². The molecule has 1 fully saturated rings. The second kappa shape index (κ2) is 8.14. The number of amides is 1. The van der Waals surface area contributed by atoms with Gasteiger partial charge in [-0.05, 0) is 42.8 Å². The highest BCUT2D eigenvalue weighted by atomic mass is 32.1. The predicted octanol–water partition coefficient (Wildman–Crippen LogP) is 2.58. The van der Waals surface area contributed by atoms with Crippen LogP contribution < -0.4 is 10.4 Å². The van der Waals surface area contributed by atoms with Crippen LogP contribution in [0.15, 0.2) is 48.7 Å². The fourth-order valence-electron chi connectivity index (χ4n) is 3.58. The predicted molar refractivity (Wildman–Crippen MR) is 115 cm³/mol. The second-order valence-corrected chi connectivity index (χ2v) is 8.51. The fourth-order valence-corrected chi connectivity index (χ4v) is 4.56. The molecule has 0 aliphatic carbocycles. The molecule has 31 heavy (non-hydrogen) atoms. The number of thiophene rings is 1. The number of anilines is 1. The highest BCUT2D eigenvalue weighted by Crippen LogP contribution is 2.34. The summed E-state index contributed by atoms with van der Waals surface area (Å²) in [6.07, 6.45) is 2.75. The fraction of sp³-hybridized carbons (Fsp3) is 0.286. The number of aromatic nitrogens is 3. The minimum Gasteiger partial charge on any atom is -0.442 e. The third-order valence-electron chi connectivity index (χ3n) is 5.11. The Morgan fingerprint density at radius 1 is 1.23 bits per heavy atom. The summed E-state index contributed by atoms with van der Waals surface area (Å²) in [7, 11) is 0. The number of ether oxygens (including phenoxy) is 1. The molecule has 4 heterocycles. The topological polar surface area (TPSA) is 102 Å². The molecule has 3 aromatic rings. The van der Waals surface area contributed by atoms with Crippen molar-refractivity contribution in [3.05, 3.63) is 59.2 Å². The number of rotatable bonds is 6. The molecule has 2 aliphatic heterocycles. The lowest BCUT2D eigenvalue weighted by molar-refractivity contribution is 0.0174. The van der Waals surface area contributed by atoms with Gasteiger partial charge in [0, 0.05) is 16.8 Å². The first-order chi connectivity index (χ1) is 15.1. The van der Waals surface area contributed by atoms with Crippen molar-refractivity contribution >= 4 is 28.8 Å². The Morgan fingerprint density at radius 3 is 2.74 bits per heavy atom. The summed E-state index contributed by atoms with van der Waals surface area (Å²) in [6, 6.07) is 11.9. The smallest absolute Gasteiger partial charge is 0.414 e. The number of hydroxylamine groups is 1. The molecule has 5 rings (SSSR count). The molecular formula is C21H21N5O4S. The van der Waals surface area contributed by atoms with Crippen molar-refractivity contribution in [3.63, 3.8) is 0 Å². The Morgan fingerprint density at radius 2 is 2.03 bits per heavy atom. The van der Waals surface area contributed by atoms with Crippen molar-refractivity contribution in [2.45, 2.75) is 25.7 Å². The van der Waals surface area contributed by atoms with Gasteiger partial charge in [-0.15, -0.1) is 16.4 Å². The number of cyclic esters (lactones) is 1. The van der Waals surface area contributed by atoms with Gasteiger partial charge < -0.3 is 9.84 Å². The summed E-state index contributed by atoms with van der Waals surface area (Å²) in [5.41, 5.74) is 6.39. The van der Waals surface area contributed by atoms with Crippen molar-refractivity contribution < 1.29 is 19.5 Å². The Kier molecular flexibility index (Phi) is 5.18. The Balaban J connectivity index is 1.27. The highest BCUT2D eigenvalue weighted by Gasteiger charge is 2.32. The molecule has 1 saturated heterocycles. The molecule has 160 valence electrons. The summed E-state index contributed by atoms with van der Waals surface area (Å²) in [4.78, 5) is 21.4. The summed E-state index contributed by atoms with van der Waals surface area (Å²) >= 11 is 1.62. The average molecular weight is 439 g/mol. The molecule has 1 unspecified atom stereocenters. The van der Waals surface area contributed by atoms with E-state index >= 15 is 0 Å². The van der Waals surface area contributed by atoms with Gasteiger partial charge in [0.15, 0.2) is 0 Å². The lowest BCUT2D eigenvalue weighted by Gasteiger charge is -2.13. The molecule has 2 atom stereocenters. The summed E-state index contributed by atoms with van der Waals surface area (Å²) in [6.45, 7) is 2.75. The molecule has 1 amide bonds.